The van der Waals surface area contributed by atoms with E-state index in [4.69, 9.17) is 22.3 Å². The Balaban J connectivity index is 2.85. The third-order valence-corrected chi connectivity index (χ3v) is 4.91. The van der Waals surface area contributed by atoms with E-state index < -0.39 is 9.05 Å². The smallest absolute Gasteiger partial charge is 0.261 e. The van der Waals surface area contributed by atoms with Crippen molar-refractivity contribution in [1.29, 1.82) is 0 Å². The number of hydrogen-bond donors (Lipinski definition) is 1. The van der Waals surface area contributed by atoms with Crippen LogP contribution in [0.15, 0.2) is 23.1 Å². The van der Waals surface area contributed by atoms with Crippen molar-refractivity contribution in [1.82, 2.24) is 0 Å². The van der Waals surface area contributed by atoms with Crippen LogP contribution in [0.3, 0.4) is 0 Å². The third-order valence-electron chi connectivity index (χ3n) is 3.25. The minimum atomic E-state index is -3.83. The number of anilines is 1. The minimum absolute atomic E-state index is 0.0718. The van der Waals surface area contributed by atoms with E-state index in [2.05, 4.69) is 12.2 Å². The summed E-state index contributed by atoms with van der Waals surface area (Å²) in [5.74, 6) is -0.174. The summed E-state index contributed by atoms with van der Waals surface area (Å²) in [5, 5.41) is 2.89. The van der Waals surface area contributed by atoms with E-state index in [1.54, 1.807) is 0 Å². The van der Waals surface area contributed by atoms with Crippen molar-refractivity contribution in [2.24, 2.45) is 5.92 Å². The number of nitrogens with one attached hydrogen (secondary N) is 1. The Hall–Kier alpha value is -0.780. The van der Waals surface area contributed by atoms with E-state index in [0.717, 1.165) is 25.7 Å². The Morgan fingerprint density at radius 3 is 2.48 bits per heavy atom. The Morgan fingerprint density at radius 1 is 1.33 bits per heavy atom. The highest BCUT2D eigenvalue weighted by Gasteiger charge is 2.18. The molecule has 0 spiro atoms. The van der Waals surface area contributed by atoms with Crippen LogP contribution >= 0.6 is 22.3 Å². The van der Waals surface area contributed by atoms with Crippen LogP contribution in [0, 0.1) is 5.92 Å². The average Bonchev–Trinajstić information content (AvgIpc) is 2.40. The van der Waals surface area contributed by atoms with Crippen molar-refractivity contribution in [2.75, 3.05) is 5.32 Å². The zero-order valence-corrected chi connectivity index (χ0v) is 14.4. The van der Waals surface area contributed by atoms with Crippen LogP contribution in [-0.4, -0.2) is 14.3 Å². The molecule has 7 heteroatoms. The van der Waals surface area contributed by atoms with Crippen LogP contribution in [-0.2, 0) is 13.8 Å². The SMILES string of the molecule is CCCCC(CC)C(=O)Nc1ccc(S(=O)(=O)Cl)cc1Cl. The molecule has 0 aromatic heterocycles. The maximum Gasteiger partial charge on any atom is 0.261 e. The first kappa shape index (κ1) is 18.3. The van der Waals surface area contributed by atoms with Gasteiger partial charge in [-0.05, 0) is 31.0 Å². The van der Waals surface area contributed by atoms with Crippen molar-refractivity contribution in [3.05, 3.63) is 23.2 Å². The topological polar surface area (TPSA) is 63.2 Å². The van der Waals surface area contributed by atoms with E-state index in [9.17, 15) is 13.2 Å². The van der Waals surface area contributed by atoms with Gasteiger partial charge in [-0.3, -0.25) is 4.79 Å². The van der Waals surface area contributed by atoms with Crippen molar-refractivity contribution in [2.45, 2.75) is 44.4 Å². The zero-order chi connectivity index (χ0) is 16.0. The van der Waals surface area contributed by atoms with Gasteiger partial charge in [-0.15, -0.1) is 0 Å². The largest absolute Gasteiger partial charge is 0.325 e. The molecule has 21 heavy (non-hydrogen) atoms. The minimum Gasteiger partial charge on any atom is -0.325 e. The molecule has 0 saturated heterocycles. The second kappa shape index (κ2) is 8.01. The fourth-order valence-electron chi connectivity index (χ4n) is 1.95. The van der Waals surface area contributed by atoms with E-state index in [-0.39, 0.29) is 21.7 Å². The molecule has 1 unspecified atom stereocenters. The number of halogens is 2. The number of unbranched alkanes of at least 4 members (excludes halogenated alkanes) is 1. The van der Waals surface area contributed by atoms with Crippen LogP contribution in [0.5, 0.6) is 0 Å². The van der Waals surface area contributed by atoms with Gasteiger partial charge >= 0.3 is 0 Å². The Bertz CT molecular complexity index is 602. The van der Waals surface area contributed by atoms with Crippen LogP contribution in [0.4, 0.5) is 5.69 Å². The Labute approximate surface area is 135 Å². The second-order valence-electron chi connectivity index (χ2n) is 4.82. The third kappa shape index (κ3) is 5.49. The summed E-state index contributed by atoms with van der Waals surface area (Å²) in [7, 11) is 1.42. The summed E-state index contributed by atoms with van der Waals surface area (Å²) in [4.78, 5) is 12.1. The molecule has 1 N–H and O–H groups in total. The van der Waals surface area contributed by atoms with Gasteiger partial charge in [0, 0.05) is 16.6 Å². The molecule has 0 aliphatic rings. The van der Waals surface area contributed by atoms with Crippen molar-refractivity contribution in [3.63, 3.8) is 0 Å². The zero-order valence-electron chi connectivity index (χ0n) is 12.0. The molecule has 0 aliphatic heterocycles. The summed E-state index contributed by atoms with van der Waals surface area (Å²) in [5.41, 5.74) is 0.390. The summed E-state index contributed by atoms with van der Waals surface area (Å²) in [6.45, 7) is 4.04. The van der Waals surface area contributed by atoms with Gasteiger partial charge in [0.1, 0.15) is 0 Å². The quantitative estimate of drug-likeness (QED) is 0.739. The Morgan fingerprint density at radius 2 is 2.00 bits per heavy atom. The van der Waals surface area contributed by atoms with Gasteiger partial charge in [0.15, 0.2) is 0 Å². The summed E-state index contributed by atoms with van der Waals surface area (Å²) in [6.07, 6.45) is 3.60. The average molecular weight is 352 g/mol. The lowest BCUT2D eigenvalue weighted by Crippen LogP contribution is -2.22. The molecule has 0 aliphatic carbocycles. The van der Waals surface area contributed by atoms with Crippen molar-refractivity contribution >= 4 is 42.9 Å². The standard InChI is InChI=1S/C14H19Cl2NO3S/c1-3-5-6-10(4-2)14(18)17-13-8-7-11(9-12(13)15)21(16,19)20/h7-10H,3-6H2,1-2H3,(H,17,18). The predicted octanol–water partition coefficient (Wildman–Crippen LogP) is 4.42. The summed E-state index contributed by atoms with van der Waals surface area (Å²) < 4.78 is 22.4. The predicted molar refractivity (Wildman–Crippen MR) is 86.4 cm³/mol. The number of amides is 1. The molecule has 1 atom stereocenters. The molecule has 118 valence electrons. The molecular weight excluding hydrogens is 333 g/mol. The van der Waals surface area contributed by atoms with E-state index >= 15 is 0 Å². The van der Waals surface area contributed by atoms with Crippen LogP contribution in [0.1, 0.15) is 39.5 Å². The number of hydrogen-bond acceptors (Lipinski definition) is 3. The molecule has 4 nitrogen and oxygen atoms in total. The normalized spacial score (nSPS) is 13.0. The summed E-state index contributed by atoms with van der Waals surface area (Å²) in [6, 6.07) is 3.99. The molecule has 1 amide bonds. The molecule has 0 bridgehead atoms. The van der Waals surface area contributed by atoms with Crippen LogP contribution in [0.2, 0.25) is 5.02 Å². The van der Waals surface area contributed by atoms with E-state index in [1.807, 2.05) is 6.92 Å². The molecule has 1 rings (SSSR count). The van der Waals surface area contributed by atoms with Crippen molar-refractivity contribution < 1.29 is 13.2 Å². The first-order valence-corrected chi connectivity index (χ1v) is 9.53. The number of rotatable bonds is 7. The van der Waals surface area contributed by atoms with Gasteiger partial charge in [0.05, 0.1) is 15.6 Å². The monoisotopic (exact) mass is 351 g/mol. The highest BCUT2D eigenvalue weighted by atomic mass is 35.7. The summed E-state index contributed by atoms with van der Waals surface area (Å²) >= 11 is 5.99. The highest BCUT2D eigenvalue weighted by Crippen LogP contribution is 2.27. The fraction of sp³-hybridized carbons (Fsp3) is 0.500. The molecule has 1 aromatic rings. The number of carbonyl (C=O) groups excluding carboxylic acids is 1. The molecule has 0 radical (unpaired) electrons. The van der Waals surface area contributed by atoms with Gasteiger partial charge in [-0.25, -0.2) is 8.42 Å². The van der Waals surface area contributed by atoms with Gasteiger partial charge in [0.25, 0.3) is 9.05 Å². The van der Waals surface area contributed by atoms with Gasteiger partial charge in [-0.2, -0.15) is 0 Å². The number of carbonyl (C=O) groups is 1. The van der Waals surface area contributed by atoms with Gasteiger partial charge in [-0.1, -0.05) is 38.3 Å². The second-order valence-corrected chi connectivity index (χ2v) is 7.79. The molecule has 0 fully saturated rings. The Kier molecular flexibility index (Phi) is 6.97. The fourth-order valence-corrected chi connectivity index (χ4v) is 3.02. The lowest BCUT2D eigenvalue weighted by atomic mass is 9.98. The molecule has 0 saturated carbocycles. The lowest BCUT2D eigenvalue weighted by Gasteiger charge is -2.15. The maximum atomic E-state index is 12.2. The maximum absolute atomic E-state index is 12.2. The molecule has 0 heterocycles. The van der Waals surface area contributed by atoms with Crippen molar-refractivity contribution in [3.8, 4) is 0 Å². The first-order chi connectivity index (χ1) is 9.79. The number of benzene rings is 1. The highest BCUT2D eigenvalue weighted by molar-refractivity contribution is 8.13. The van der Waals surface area contributed by atoms with Crippen LogP contribution < -0.4 is 5.32 Å². The molecule has 1 aromatic carbocycles. The lowest BCUT2D eigenvalue weighted by molar-refractivity contribution is -0.120. The first-order valence-electron chi connectivity index (χ1n) is 6.84. The molecular formula is C14H19Cl2NO3S. The van der Waals surface area contributed by atoms with E-state index in [0.29, 0.717) is 5.69 Å². The van der Waals surface area contributed by atoms with Gasteiger partial charge < -0.3 is 5.32 Å². The van der Waals surface area contributed by atoms with Gasteiger partial charge in [0.2, 0.25) is 5.91 Å². The van der Waals surface area contributed by atoms with Crippen LogP contribution in [0.25, 0.3) is 0 Å². The van der Waals surface area contributed by atoms with E-state index in [1.165, 1.54) is 18.2 Å².